The molecule has 1 atom stereocenters. The van der Waals surface area contributed by atoms with Crippen LogP contribution >= 0.6 is 58.3 Å². The summed E-state index contributed by atoms with van der Waals surface area (Å²) in [6, 6.07) is 14.8. The first-order chi connectivity index (χ1) is 28.4. The maximum absolute atomic E-state index is 14.1. The highest BCUT2D eigenvalue weighted by atomic mass is 35.5. The minimum absolute atomic E-state index is 0.0376. The number of thioether (sulfide) groups is 1. The van der Waals surface area contributed by atoms with Gasteiger partial charge in [-0.25, -0.2) is 4.42 Å². The Hall–Kier alpha value is -2.62. The van der Waals surface area contributed by atoms with Crippen molar-refractivity contribution in [2.24, 2.45) is 5.10 Å². The van der Waals surface area contributed by atoms with Gasteiger partial charge in [-0.15, -0.1) is 16.9 Å². The predicted octanol–water partition coefficient (Wildman–Crippen LogP) is 15.9. The fourth-order valence-electron chi connectivity index (χ4n) is 7.23. The number of carbonyl (C=O) groups is 2. The highest BCUT2D eigenvalue weighted by Gasteiger charge is 2.33. The van der Waals surface area contributed by atoms with E-state index in [0.29, 0.717) is 34.1 Å². The van der Waals surface area contributed by atoms with Gasteiger partial charge in [0.2, 0.25) is 5.91 Å². The maximum atomic E-state index is 14.1. The molecular formula is C47H64Cl4N4O3S. The number of anilines is 2. The van der Waals surface area contributed by atoms with Crippen LogP contribution in [0.4, 0.5) is 11.4 Å². The molecule has 2 amide bonds. The second-order valence-electron chi connectivity index (χ2n) is 16.2. The van der Waals surface area contributed by atoms with Crippen LogP contribution in [0.15, 0.2) is 58.5 Å². The van der Waals surface area contributed by atoms with Gasteiger partial charge in [0.1, 0.15) is 11.0 Å². The number of hydrogen-bond acceptors (Lipinski definition) is 6. The Balaban J connectivity index is 1.52. The molecule has 1 aliphatic heterocycles. The number of nitrogens with one attached hydrogen (secondary N) is 1. The van der Waals surface area contributed by atoms with Crippen molar-refractivity contribution in [2.75, 3.05) is 16.5 Å². The zero-order valence-electron chi connectivity index (χ0n) is 35.7. The maximum Gasteiger partial charge on any atom is 0.281 e. The number of amides is 2. The first kappa shape index (κ1) is 49.0. The molecule has 0 radical (unpaired) electrons. The normalized spacial score (nSPS) is 14.0. The average Bonchev–Trinajstić information content (AvgIpc) is 3.54. The number of hydrogen-bond donors (Lipinski definition) is 1. The Morgan fingerprint density at radius 2 is 1.42 bits per heavy atom. The monoisotopic (exact) mass is 904 g/mol. The van der Waals surface area contributed by atoms with Crippen molar-refractivity contribution in [3.8, 4) is 16.9 Å². The van der Waals surface area contributed by atoms with Crippen molar-refractivity contribution in [3.05, 3.63) is 69.2 Å². The lowest BCUT2D eigenvalue weighted by Crippen LogP contribution is -2.33. The lowest BCUT2D eigenvalue weighted by molar-refractivity contribution is -0.127. The molecule has 1 unspecified atom stereocenters. The van der Waals surface area contributed by atoms with Crippen LogP contribution in [0.1, 0.15) is 156 Å². The molecule has 0 saturated heterocycles. The van der Waals surface area contributed by atoms with E-state index in [1.54, 1.807) is 36.5 Å². The first-order valence-corrected chi connectivity index (χ1v) is 24.1. The molecule has 0 aliphatic carbocycles. The number of carbonyl (C=O) groups excluding carboxylic acids is 2. The smallest absolute Gasteiger partial charge is 0.281 e. The van der Waals surface area contributed by atoms with Crippen LogP contribution in [0.25, 0.3) is 11.1 Å². The molecule has 0 fully saturated rings. The highest BCUT2D eigenvalue weighted by Crippen LogP contribution is 2.47. The molecule has 1 N–H and O–H groups in total. The van der Waals surface area contributed by atoms with E-state index in [1.165, 1.54) is 86.7 Å². The van der Waals surface area contributed by atoms with E-state index in [9.17, 15) is 9.59 Å². The molecule has 0 aromatic heterocycles. The van der Waals surface area contributed by atoms with Crippen molar-refractivity contribution in [2.45, 2.75) is 166 Å². The van der Waals surface area contributed by atoms with Crippen molar-refractivity contribution >= 4 is 87.7 Å². The molecule has 12 heteroatoms. The summed E-state index contributed by atoms with van der Waals surface area (Å²) in [5.41, 5.74) is 6.00. The first-order valence-electron chi connectivity index (χ1n) is 21.8. The molecule has 0 spiro atoms. The van der Waals surface area contributed by atoms with Gasteiger partial charge in [-0.05, 0) is 66.6 Å². The van der Waals surface area contributed by atoms with Gasteiger partial charge in [0.05, 0.1) is 39.1 Å². The number of nitrogens with zero attached hydrogens (tertiary/aromatic N) is 3. The van der Waals surface area contributed by atoms with Crippen LogP contribution in [0.2, 0.25) is 15.1 Å². The van der Waals surface area contributed by atoms with Gasteiger partial charge in [0.25, 0.3) is 5.91 Å². The molecule has 3 aromatic carbocycles. The van der Waals surface area contributed by atoms with Crippen LogP contribution in [-0.4, -0.2) is 35.0 Å². The van der Waals surface area contributed by atoms with Gasteiger partial charge in [0, 0.05) is 34.3 Å². The van der Waals surface area contributed by atoms with Crippen molar-refractivity contribution in [3.63, 3.8) is 0 Å². The van der Waals surface area contributed by atoms with Gasteiger partial charge in [-0.2, -0.15) is 5.10 Å². The van der Waals surface area contributed by atoms with Gasteiger partial charge in [-0.1, -0.05) is 171 Å². The SMILES string of the molecule is CCCCCCCCCCCCCC(=O)N(Cl)c1cccc(NN2N=CC(Sc3cc(C(C)(C)CCCCC)ccc3OCCCC)C2=O)c1-c1c(Cl)cc(Cl)cc1Cl. The summed E-state index contributed by atoms with van der Waals surface area (Å²) < 4.78 is 7.37. The topological polar surface area (TPSA) is 74.2 Å². The summed E-state index contributed by atoms with van der Waals surface area (Å²) in [5.74, 6) is 0.231. The molecule has 4 rings (SSSR count). The molecule has 1 heterocycles. The fourth-order valence-corrected chi connectivity index (χ4v) is 9.48. The number of rotatable bonds is 27. The third-order valence-electron chi connectivity index (χ3n) is 10.9. The van der Waals surface area contributed by atoms with Crippen LogP contribution in [0, 0.1) is 0 Å². The molecule has 0 saturated carbocycles. The van der Waals surface area contributed by atoms with Crippen molar-refractivity contribution < 1.29 is 14.3 Å². The second kappa shape index (κ2) is 25.3. The Labute approximate surface area is 378 Å². The van der Waals surface area contributed by atoms with Crippen LogP contribution in [0.3, 0.4) is 0 Å². The summed E-state index contributed by atoms with van der Waals surface area (Å²) in [5, 5.41) is 5.96. The Morgan fingerprint density at radius 3 is 2.07 bits per heavy atom. The fraction of sp³-hybridized carbons (Fsp3) is 0.553. The summed E-state index contributed by atoms with van der Waals surface area (Å²) in [6.45, 7) is 11.7. The van der Waals surface area contributed by atoms with Gasteiger partial charge in [0.15, 0.2) is 0 Å². The number of halogens is 4. The van der Waals surface area contributed by atoms with E-state index in [2.05, 4.69) is 57.3 Å². The van der Waals surface area contributed by atoms with Gasteiger partial charge < -0.3 is 4.74 Å². The van der Waals surface area contributed by atoms with E-state index >= 15 is 0 Å². The van der Waals surface area contributed by atoms with Crippen LogP contribution < -0.4 is 14.6 Å². The predicted molar refractivity (Wildman–Crippen MR) is 254 cm³/mol. The molecule has 7 nitrogen and oxygen atoms in total. The minimum atomic E-state index is -0.624. The van der Waals surface area contributed by atoms with Crippen LogP contribution in [-0.2, 0) is 15.0 Å². The summed E-state index contributed by atoms with van der Waals surface area (Å²) >= 11 is 28.2. The highest BCUT2D eigenvalue weighted by molar-refractivity contribution is 8.01. The van der Waals surface area contributed by atoms with Crippen molar-refractivity contribution in [1.82, 2.24) is 5.12 Å². The number of hydrazone groups is 1. The number of unbranched alkanes of at least 4 members (excludes halogenated alkanes) is 13. The molecule has 0 bridgehead atoms. The largest absolute Gasteiger partial charge is 0.492 e. The zero-order valence-corrected chi connectivity index (χ0v) is 39.5. The zero-order chi connectivity index (χ0) is 42.8. The molecule has 59 heavy (non-hydrogen) atoms. The average molecular weight is 907 g/mol. The van der Waals surface area contributed by atoms with E-state index in [0.717, 1.165) is 60.0 Å². The van der Waals surface area contributed by atoms with E-state index in [-0.39, 0.29) is 33.7 Å². The third kappa shape index (κ3) is 14.8. The number of benzene rings is 3. The van der Waals surface area contributed by atoms with E-state index in [4.69, 9.17) is 51.3 Å². The third-order valence-corrected chi connectivity index (χ3v) is 13.2. The number of hydrazine groups is 1. The quantitative estimate of drug-likeness (QED) is 0.0609. The lowest BCUT2D eigenvalue weighted by Gasteiger charge is -2.27. The molecule has 1 aliphatic rings. The number of ether oxygens (including phenoxy) is 1. The summed E-state index contributed by atoms with van der Waals surface area (Å²) in [4.78, 5) is 28.6. The standard InChI is InChI=1S/C47H64Cl4N4O3S/c1-6-9-12-13-14-15-16-17-18-19-20-25-43(56)54(51)39-24-22-23-38(45(39)44-36(49)31-35(48)32-37(44)50)53-55-46(57)42(33-52-55)59-41-30-34(47(4,5)28-21-10-7-2)26-27-40(41)58-29-11-8-3/h22-24,26-27,30-33,42,53H,6-21,25,28-29H2,1-5H3. The minimum Gasteiger partial charge on any atom is -0.492 e. The Bertz CT molecular complexity index is 1820. The van der Waals surface area contributed by atoms with Crippen molar-refractivity contribution in [1.29, 1.82) is 0 Å². The van der Waals surface area contributed by atoms with Gasteiger partial charge >= 0.3 is 0 Å². The Morgan fingerprint density at radius 1 is 0.814 bits per heavy atom. The van der Waals surface area contributed by atoms with Crippen LogP contribution in [0.5, 0.6) is 5.75 Å². The molecule has 3 aromatic rings. The Kier molecular flexibility index (Phi) is 21.1. The lowest BCUT2D eigenvalue weighted by atomic mass is 9.80. The molecular weight excluding hydrogens is 842 g/mol. The molecule has 324 valence electrons. The van der Waals surface area contributed by atoms with E-state index < -0.39 is 5.25 Å². The summed E-state index contributed by atoms with van der Waals surface area (Å²) in [6.07, 6.45) is 21.5. The van der Waals surface area contributed by atoms with Gasteiger partial charge in [-0.3, -0.25) is 15.0 Å². The van der Waals surface area contributed by atoms with E-state index in [1.807, 2.05) is 6.07 Å². The second-order valence-corrected chi connectivity index (χ2v) is 18.9. The summed E-state index contributed by atoms with van der Waals surface area (Å²) in [7, 11) is 0.